The summed E-state index contributed by atoms with van der Waals surface area (Å²) in [5.41, 5.74) is 0. The van der Waals surface area contributed by atoms with E-state index in [1.54, 1.807) is 0 Å². The molecule has 0 aromatic rings. The van der Waals surface area contributed by atoms with Gasteiger partial charge in [0.15, 0.2) is 0 Å². The molecule has 0 aromatic carbocycles. The average Bonchev–Trinajstić information content (AvgIpc) is 3.12. The maximum absolute atomic E-state index is 5.91. The van der Waals surface area contributed by atoms with E-state index in [0.717, 1.165) is 38.5 Å². The normalized spacial score (nSPS) is 12.0. The Balaban J connectivity index is 0. The Labute approximate surface area is 332 Å². The van der Waals surface area contributed by atoms with Crippen LogP contribution in [0.25, 0.3) is 0 Å². The van der Waals surface area contributed by atoms with E-state index in [4.69, 9.17) is 17.7 Å². The van der Waals surface area contributed by atoms with Gasteiger partial charge in [0.1, 0.15) is 0 Å². The zero-order chi connectivity index (χ0) is 38.7. The molecule has 0 aromatic heterocycles. The van der Waals surface area contributed by atoms with Crippen molar-refractivity contribution in [2.24, 2.45) is 0 Å². The van der Waals surface area contributed by atoms with Gasteiger partial charge in [-0.15, -0.1) is 0 Å². The Morgan fingerprint density at radius 3 is 0.538 bits per heavy atom. The van der Waals surface area contributed by atoms with E-state index in [-0.39, 0.29) is 0 Å². The van der Waals surface area contributed by atoms with Gasteiger partial charge in [0.25, 0.3) is 0 Å². The first kappa shape index (κ1) is 54.4. The van der Waals surface area contributed by atoms with Crippen LogP contribution >= 0.6 is 0 Å². The summed E-state index contributed by atoms with van der Waals surface area (Å²) in [4.78, 5) is 0. The van der Waals surface area contributed by atoms with Crippen LogP contribution in [-0.4, -0.2) is 43.5 Å². The molecule has 0 amide bonds. The van der Waals surface area contributed by atoms with Gasteiger partial charge in [-0.3, -0.25) is 0 Å². The molecule has 0 saturated heterocycles. The van der Waals surface area contributed by atoms with E-state index in [0.29, 0.717) is 0 Å². The molecule has 6 heteroatoms. The van der Waals surface area contributed by atoms with Gasteiger partial charge in [-0.1, -0.05) is 219 Å². The first-order valence-corrected chi connectivity index (χ1v) is 29.0. The lowest BCUT2D eigenvalue weighted by molar-refractivity contribution is 0.187. The van der Waals surface area contributed by atoms with Gasteiger partial charge in [0, 0.05) is 26.4 Å². The summed E-state index contributed by atoms with van der Waals surface area (Å²) < 4.78 is 23.6. The van der Waals surface area contributed by atoms with E-state index >= 15 is 0 Å². The average molecular weight is 773 g/mol. The largest absolute Gasteiger partial charge is 0.395 e. The van der Waals surface area contributed by atoms with Crippen molar-refractivity contribution in [2.75, 3.05) is 26.4 Å². The molecular formula is C46H100O4Si2. The molecule has 0 aliphatic rings. The van der Waals surface area contributed by atoms with Crippen molar-refractivity contribution in [1.82, 2.24) is 0 Å². The van der Waals surface area contributed by atoms with Crippen molar-refractivity contribution < 1.29 is 17.7 Å². The molecule has 316 valence electrons. The molecule has 0 unspecified atom stereocenters. The van der Waals surface area contributed by atoms with Crippen LogP contribution in [0.1, 0.15) is 247 Å². The topological polar surface area (TPSA) is 36.9 Å². The van der Waals surface area contributed by atoms with Gasteiger partial charge >= 0.3 is 17.1 Å². The minimum Gasteiger partial charge on any atom is -0.395 e. The fourth-order valence-electron chi connectivity index (χ4n) is 7.58. The zero-order valence-corrected chi connectivity index (χ0v) is 39.5. The second-order valence-corrected chi connectivity index (χ2v) is 22.8. The summed E-state index contributed by atoms with van der Waals surface area (Å²) in [5.74, 6) is 0. The van der Waals surface area contributed by atoms with Crippen LogP contribution in [0.5, 0.6) is 0 Å². The molecule has 0 fully saturated rings. The first-order chi connectivity index (χ1) is 25.4. The number of rotatable bonds is 42. The lowest BCUT2D eigenvalue weighted by Crippen LogP contribution is -2.38. The summed E-state index contributed by atoms with van der Waals surface area (Å²) in [6.45, 7) is 20.5. The third-order valence-corrected chi connectivity index (χ3v) is 16.9. The van der Waals surface area contributed by atoms with Crippen molar-refractivity contribution in [3.63, 3.8) is 0 Å². The van der Waals surface area contributed by atoms with Crippen LogP contribution in [0.4, 0.5) is 0 Å². The van der Waals surface area contributed by atoms with E-state index in [9.17, 15) is 0 Å². The number of unbranched alkanes of at least 4 members (excludes halogenated alkanes) is 30. The lowest BCUT2D eigenvalue weighted by atomic mass is 10.0. The standard InChI is InChI=1S/2C23H50O2Si/c2*1-5-8-9-10-11-12-13-14-15-16-17-18-19-20-21-22-23-26(4,24-6-2)25-7-3/h2*5-23H2,1-4H3. The van der Waals surface area contributed by atoms with Gasteiger partial charge < -0.3 is 17.7 Å². The molecule has 0 saturated carbocycles. The highest BCUT2D eigenvalue weighted by atomic mass is 28.4. The quantitative estimate of drug-likeness (QED) is 0.0457. The third-order valence-electron chi connectivity index (χ3n) is 10.8. The van der Waals surface area contributed by atoms with E-state index in [1.807, 2.05) is 0 Å². The summed E-state index contributed by atoms with van der Waals surface area (Å²) in [5, 5.41) is 0. The first-order valence-electron chi connectivity index (χ1n) is 23.9. The fraction of sp³-hybridized carbons (Fsp3) is 1.00. The van der Waals surface area contributed by atoms with Crippen LogP contribution in [0.3, 0.4) is 0 Å². The Morgan fingerprint density at radius 1 is 0.231 bits per heavy atom. The minimum atomic E-state index is -1.86. The maximum Gasteiger partial charge on any atom is 0.334 e. The smallest absolute Gasteiger partial charge is 0.334 e. The van der Waals surface area contributed by atoms with Crippen LogP contribution in [0.2, 0.25) is 25.2 Å². The Bertz CT molecular complexity index is 584. The van der Waals surface area contributed by atoms with Crippen molar-refractivity contribution in [1.29, 1.82) is 0 Å². The van der Waals surface area contributed by atoms with Crippen molar-refractivity contribution in [3.05, 3.63) is 0 Å². The van der Waals surface area contributed by atoms with Crippen LogP contribution in [0, 0.1) is 0 Å². The molecule has 0 N–H and O–H groups in total. The third kappa shape index (κ3) is 41.4. The van der Waals surface area contributed by atoms with Gasteiger partial charge in [-0.05, 0) is 52.9 Å². The summed E-state index contributed by atoms with van der Waals surface area (Å²) in [7, 11) is -3.71. The molecule has 0 spiro atoms. The highest BCUT2D eigenvalue weighted by molar-refractivity contribution is 6.66. The molecule has 0 bridgehead atoms. The fourth-order valence-corrected chi connectivity index (χ4v) is 12.6. The molecule has 0 heterocycles. The van der Waals surface area contributed by atoms with Gasteiger partial charge in [0.05, 0.1) is 0 Å². The molecule has 0 radical (unpaired) electrons. The highest BCUT2D eigenvalue weighted by Crippen LogP contribution is 2.21. The molecule has 0 aliphatic heterocycles. The van der Waals surface area contributed by atoms with Crippen LogP contribution in [-0.2, 0) is 17.7 Å². The maximum atomic E-state index is 5.91. The molecule has 4 nitrogen and oxygen atoms in total. The molecule has 0 atom stereocenters. The predicted molar refractivity (Wildman–Crippen MR) is 238 cm³/mol. The lowest BCUT2D eigenvalue weighted by Gasteiger charge is -2.25. The number of hydrogen-bond donors (Lipinski definition) is 0. The zero-order valence-electron chi connectivity index (χ0n) is 37.5. The van der Waals surface area contributed by atoms with Crippen molar-refractivity contribution in [3.8, 4) is 0 Å². The molecule has 52 heavy (non-hydrogen) atoms. The summed E-state index contributed by atoms with van der Waals surface area (Å²) in [6, 6.07) is 2.32. The van der Waals surface area contributed by atoms with E-state index in [2.05, 4.69) is 54.6 Å². The monoisotopic (exact) mass is 773 g/mol. The van der Waals surface area contributed by atoms with Crippen molar-refractivity contribution >= 4 is 17.1 Å². The van der Waals surface area contributed by atoms with Gasteiger partial charge in [0.2, 0.25) is 0 Å². The van der Waals surface area contributed by atoms with E-state index < -0.39 is 17.1 Å². The Morgan fingerprint density at radius 2 is 0.385 bits per heavy atom. The molecular weight excluding hydrogens is 673 g/mol. The van der Waals surface area contributed by atoms with E-state index in [1.165, 1.54) is 205 Å². The van der Waals surface area contributed by atoms with Crippen LogP contribution < -0.4 is 0 Å². The predicted octanol–water partition coefficient (Wildman–Crippen LogP) is 16.8. The van der Waals surface area contributed by atoms with Crippen LogP contribution in [0.15, 0.2) is 0 Å². The molecule has 0 aliphatic carbocycles. The minimum absolute atomic E-state index is 0.793. The summed E-state index contributed by atoms with van der Waals surface area (Å²) in [6.07, 6.45) is 45.6. The van der Waals surface area contributed by atoms with Gasteiger partial charge in [-0.2, -0.15) is 0 Å². The van der Waals surface area contributed by atoms with Gasteiger partial charge in [-0.25, -0.2) is 0 Å². The number of hydrogen-bond acceptors (Lipinski definition) is 4. The summed E-state index contributed by atoms with van der Waals surface area (Å²) >= 11 is 0. The highest BCUT2D eigenvalue weighted by Gasteiger charge is 2.30. The Hall–Kier alpha value is 0.274. The second kappa shape index (κ2) is 44.0. The Kier molecular flexibility index (Phi) is 46.0. The second-order valence-electron chi connectivity index (χ2n) is 16.1. The van der Waals surface area contributed by atoms with Crippen molar-refractivity contribution in [2.45, 2.75) is 272 Å². The molecule has 0 rings (SSSR count). The SMILES string of the molecule is CCCCCCCCCCCCCCCCCC[Si](C)(OCC)OCC.CCCCCCCCCCCCCCCCCC[Si](C)(OCC)OCC.